The Morgan fingerprint density at radius 3 is 1.65 bits per heavy atom. The monoisotopic (exact) mass is 422 g/mol. The molecule has 0 saturated carbocycles. The molecular weight excluding hydrogens is 402 g/mol. The Morgan fingerprint density at radius 1 is 0.806 bits per heavy atom. The zero-order valence-electron chi connectivity index (χ0n) is 16.9. The summed E-state index contributed by atoms with van der Waals surface area (Å²) >= 11 is 0. The lowest BCUT2D eigenvalue weighted by molar-refractivity contribution is -0.118. The van der Waals surface area contributed by atoms with Gasteiger partial charge in [0.25, 0.3) is 11.8 Å². The minimum Gasteiger partial charge on any atom is -0.507 e. The average Bonchev–Trinajstić information content (AvgIpc) is 2.73. The quantitative estimate of drug-likeness (QED) is 0.309. The first-order chi connectivity index (χ1) is 14.8. The van der Waals surface area contributed by atoms with Crippen molar-refractivity contribution in [3.05, 3.63) is 94.6 Å². The number of phenolic OH excluding ortho intramolecular Hbond substituents is 1. The van der Waals surface area contributed by atoms with Crippen LogP contribution in [0.15, 0.2) is 66.2 Å². The standard InChI is InChI=1S/C24H20F2N2O3/c1-14-11-16(12-15(2)22(14)29)13-17(23(30)27-20-9-5-3-7-18(20)25)24(31)28-21-10-6-4-8-19(21)26/h3-13,29H,1-2H3,(H,27,30)(H,28,31). The van der Waals surface area contributed by atoms with Gasteiger partial charge in [-0.15, -0.1) is 0 Å². The Hall–Kier alpha value is -4.00. The lowest BCUT2D eigenvalue weighted by atomic mass is 10.0. The van der Waals surface area contributed by atoms with E-state index in [0.717, 1.165) is 0 Å². The summed E-state index contributed by atoms with van der Waals surface area (Å²) in [7, 11) is 0. The van der Waals surface area contributed by atoms with Crippen molar-refractivity contribution in [1.29, 1.82) is 0 Å². The van der Waals surface area contributed by atoms with E-state index in [4.69, 9.17) is 0 Å². The van der Waals surface area contributed by atoms with Gasteiger partial charge in [-0.1, -0.05) is 24.3 Å². The van der Waals surface area contributed by atoms with Gasteiger partial charge in [-0.25, -0.2) is 8.78 Å². The molecule has 0 aliphatic heterocycles. The van der Waals surface area contributed by atoms with Crippen molar-refractivity contribution in [3.63, 3.8) is 0 Å². The summed E-state index contributed by atoms with van der Waals surface area (Å²) < 4.78 is 28.0. The number of carbonyl (C=O) groups excluding carboxylic acids is 2. The number of para-hydroxylation sites is 2. The van der Waals surface area contributed by atoms with Crippen LogP contribution in [0.5, 0.6) is 5.75 Å². The maximum atomic E-state index is 14.0. The molecule has 7 heteroatoms. The second-order valence-electron chi connectivity index (χ2n) is 6.93. The number of amides is 2. The number of aromatic hydroxyl groups is 1. The van der Waals surface area contributed by atoms with E-state index in [1.54, 1.807) is 26.0 Å². The number of nitrogens with one attached hydrogen (secondary N) is 2. The molecule has 3 aromatic carbocycles. The van der Waals surface area contributed by atoms with Gasteiger partial charge in [-0.05, 0) is 73.0 Å². The average molecular weight is 422 g/mol. The van der Waals surface area contributed by atoms with Gasteiger partial charge in [-0.3, -0.25) is 9.59 Å². The van der Waals surface area contributed by atoms with Crippen LogP contribution >= 0.6 is 0 Å². The summed E-state index contributed by atoms with van der Waals surface area (Å²) in [5.41, 5.74) is 1.00. The molecule has 3 aromatic rings. The van der Waals surface area contributed by atoms with Crippen LogP contribution in [0.25, 0.3) is 6.08 Å². The third-order valence-corrected chi connectivity index (χ3v) is 4.56. The van der Waals surface area contributed by atoms with Gasteiger partial charge >= 0.3 is 0 Å². The molecule has 0 atom stereocenters. The smallest absolute Gasteiger partial charge is 0.261 e. The van der Waals surface area contributed by atoms with E-state index >= 15 is 0 Å². The van der Waals surface area contributed by atoms with Crippen LogP contribution in [0.4, 0.5) is 20.2 Å². The number of hydrogen-bond donors (Lipinski definition) is 3. The van der Waals surface area contributed by atoms with E-state index < -0.39 is 23.4 Å². The molecule has 0 aliphatic rings. The molecular formula is C24H20F2N2O3. The lowest BCUT2D eigenvalue weighted by Crippen LogP contribution is -2.26. The molecule has 3 rings (SSSR count). The Bertz CT molecular complexity index is 1100. The van der Waals surface area contributed by atoms with Gasteiger partial charge in [0.2, 0.25) is 0 Å². The molecule has 0 fully saturated rings. The maximum Gasteiger partial charge on any atom is 0.261 e. The molecule has 0 aliphatic carbocycles. The number of halogens is 2. The van der Waals surface area contributed by atoms with Crippen molar-refractivity contribution in [2.24, 2.45) is 0 Å². The SMILES string of the molecule is Cc1cc(C=C(C(=O)Nc2ccccc2F)C(=O)Nc2ccccc2F)cc(C)c1O. The van der Waals surface area contributed by atoms with Crippen LogP contribution in [-0.2, 0) is 9.59 Å². The van der Waals surface area contributed by atoms with E-state index in [1.165, 1.54) is 54.6 Å². The van der Waals surface area contributed by atoms with Crippen molar-refractivity contribution in [1.82, 2.24) is 0 Å². The molecule has 0 bridgehead atoms. The van der Waals surface area contributed by atoms with Gasteiger partial charge in [0.15, 0.2) is 0 Å². The van der Waals surface area contributed by atoms with Gasteiger partial charge in [0.1, 0.15) is 23.0 Å². The first-order valence-electron chi connectivity index (χ1n) is 9.40. The highest BCUT2D eigenvalue weighted by Gasteiger charge is 2.21. The van der Waals surface area contributed by atoms with Crippen LogP contribution in [-0.4, -0.2) is 16.9 Å². The number of benzene rings is 3. The van der Waals surface area contributed by atoms with Gasteiger partial charge < -0.3 is 15.7 Å². The van der Waals surface area contributed by atoms with Crippen molar-refractivity contribution in [3.8, 4) is 5.75 Å². The summed E-state index contributed by atoms with van der Waals surface area (Å²) in [4.78, 5) is 25.7. The zero-order chi connectivity index (χ0) is 22.5. The summed E-state index contributed by atoms with van der Waals surface area (Å²) in [6.07, 6.45) is 1.30. The van der Waals surface area contributed by atoms with Crippen molar-refractivity contribution in [2.75, 3.05) is 10.6 Å². The lowest BCUT2D eigenvalue weighted by Gasteiger charge is -2.12. The van der Waals surface area contributed by atoms with Crippen molar-refractivity contribution >= 4 is 29.3 Å². The molecule has 2 amide bonds. The van der Waals surface area contributed by atoms with E-state index in [-0.39, 0.29) is 22.7 Å². The topological polar surface area (TPSA) is 78.4 Å². The molecule has 0 radical (unpaired) electrons. The molecule has 5 nitrogen and oxygen atoms in total. The first-order valence-corrected chi connectivity index (χ1v) is 9.40. The minimum absolute atomic E-state index is 0.102. The van der Waals surface area contributed by atoms with Crippen LogP contribution < -0.4 is 10.6 Å². The molecule has 31 heavy (non-hydrogen) atoms. The Balaban J connectivity index is 2.00. The molecule has 0 saturated heterocycles. The number of phenols is 1. The number of anilines is 2. The predicted octanol–water partition coefficient (Wildman–Crippen LogP) is 4.95. The highest BCUT2D eigenvalue weighted by Crippen LogP contribution is 2.25. The summed E-state index contributed by atoms with van der Waals surface area (Å²) in [6.45, 7) is 3.36. The van der Waals surface area contributed by atoms with E-state index in [2.05, 4.69) is 10.6 Å². The van der Waals surface area contributed by atoms with Crippen LogP contribution in [0.2, 0.25) is 0 Å². The molecule has 0 aromatic heterocycles. The minimum atomic E-state index is -0.873. The van der Waals surface area contributed by atoms with Crippen molar-refractivity contribution < 1.29 is 23.5 Å². The number of aryl methyl sites for hydroxylation is 2. The van der Waals surface area contributed by atoms with Crippen molar-refractivity contribution in [2.45, 2.75) is 13.8 Å². The van der Waals surface area contributed by atoms with Gasteiger partial charge in [-0.2, -0.15) is 0 Å². The molecule has 0 unspecified atom stereocenters. The number of hydrogen-bond acceptors (Lipinski definition) is 3. The number of carbonyl (C=O) groups is 2. The van der Waals surface area contributed by atoms with E-state index in [9.17, 15) is 23.5 Å². The fourth-order valence-electron chi connectivity index (χ4n) is 2.98. The van der Waals surface area contributed by atoms with Crippen LogP contribution in [0.1, 0.15) is 16.7 Å². The predicted molar refractivity (Wildman–Crippen MR) is 116 cm³/mol. The third-order valence-electron chi connectivity index (χ3n) is 4.56. The molecule has 3 N–H and O–H groups in total. The van der Waals surface area contributed by atoms with Crippen LogP contribution in [0.3, 0.4) is 0 Å². The second-order valence-corrected chi connectivity index (χ2v) is 6.93. The Kier molecular flexibility index (Phi) is 6.45. The highest BCUT2D eigenvalue weighted by molar-refractivity contribution is 6.28. The first kappa shape index (κ1) is 21.7. The summed E-state index contributed by atoms with van der Waals surface area (Å²) in [5.74, 6) is -2.97. The largest absolute Gasteiger partial charge is 0.507 e. The molecule has 0 heterocycles. The second kappa shape index (κ2) is 9.21. The summed E-state index contributed by atoms with van der Waals surface area (Å²) in [6, 6.07) is 14.2. The van der Waals surface area contributed by atoms with E-state index in [1.807, 2.05) is 0 Å². The molecule has 0 spiro atoms. The summed E-state index contributed by atoms with van der Waals surface area (Å²) in [5, 5.41) is 14.7. The fraction of sp³-hybridized carbons (Fsp3) is 0.0833. The van der Waals surface area contributed by atoms with Gasteiger partial charge in [0.05, 0.1) is 11.4 Å². The van der Waals surface area contributed by atoms with Gasteiger partial charge in [0, 0.05) is 0 Å². The Labute approximate surface area is 178 Å². The third kappa shape index (κ3) is 5.14. The molecule has 158 valence electrons. The fourth-order valence-corrected chi connectivity index (χ4v) is 2.98. The number of rotatable bonds is 5. The maximum absolute atomic E-state index is 14.0. The zero-order valence-corrected chi connectivity index (χ0v) is 16.9. The van der Waals surface area contributed by atoms with Crippen LogP contribution in [0, 0.1) is 25.5 Å². The normalized spacial score (nSPS) is 10.3. The Morgan fingerprint density at radius 2 is 1.23 bits per heavy atom. The van der Waals surface area contributed by atoms with E-state index in [0.29, 0.717) is 16.7 Å². The highest BCUT2D eigenvalue weighted by atomic mass is 19.1.